The molecule has 2 unspecified atom stereocenters. The van der Waals surface area contributed by atoms with E-state index in [1.165, 1.54) is 32.1 Å². The predicted octanol–water partition coefficient (Wildman–Crippen LogP) is 2.91. The second-order valence-electron chi connectivity index (χ2n) is 6.68. The van der Waals surface area contributed by atoms with Gasteiger partial charge >= 0.3 is 0 Å². The number of nitrogens with zero attached hydrogens (tertiary/aromatic N) is 2. The number of nitrogens with one attached hydrogen (secondary N) is 1. The number of hydrogen-bond donors (Lipinski definition) is 1. The standard InChI is InChI=1S/C16H25N3O/c1-11(2)16-17-14(9-15(20)18-16)19-8-7-12-5-3-4-6-13(12)10-19/h9,11-13H,3-8,10H2,1-2H3,(H,17,18,20). The van der Waals surface area contributed by atoms with Crippen molar-refractivity contribution in [1.82, 2.24) is 9.97 Å². The summed E-state index contributed by atoms with van der Waals surface area (Å²) in [7, 11) is 0. The van der Waals surface area contributed by atoms with Crippen molar-refractivity contribution in [3.63, 3.8) is 0 Å². The first kappa shape index (κ1) is 13.7. The smallest absolute Gasteiger partial charge is 0.252 e. The normalized spacial score (nSPS) is 26.6. The Hall–Kier alpha value is -1.32. The van der Waals surface area contributed by atoms with E-state index in [1.807, 2.05) is 0 Å². The van der Waals surface area contributed by atoms with E-state index >= 15 is 0 Å². The summed E-state index contributed by atoms with van der Waals surface area (Å²) in [6.07, 6.45) is 6.78. The summed E-state index contributed by atoms with van der Waals surface area (Å²) in [6.45, 7) is 6.26. The molecule has 0 bridgehead atoms. The van der Waals surface area contributed by atoms with Crippen LogP contribution in [0.1, 0.15) is 57.7 Å². The molecule has 1 N–H and O–H groups in total. The highest BCUT2D eigenvalue weighted by Gasteiger charge is 2.31. The van der Waals surface area contributed by atoms with Crippen LogP contribution in [-0.2, 0) is 0 Å². The zero-order valence-electron chi connectivity index (χ0n) is 12.6. The molecule has 2 atom stereocenters. The molecule has 1 saturated heterocycles. The lowest BCUT2D eigenvalue weighted by Gasteiger charge is -2.41. The lowest BCUT2D eigenvalue weighted by atomic mass is 9.75. The van der Waals surface area contributed by atoms with E-state index in [-0.39, 0.29) is 11.5 Å². The summed E-state index contributed by atoms with van der Waals surface area (Å²) in [5.41, 5.74) is -0.0236. The highest BCUT2D eigenvalue weighted by molar-refractivity contribution is 5.38. The van der Waals surface area contributed by atoms with Gasteiger partial charge in [-0.1, -0.05) is 33.1 Å². The third kappa shape index (κ3) is 2.74. The maximum absolute atomic E-state index is 11.8. The molecule has 2 fully saturated rings. The van der Waals surface area contributed by atoms with Crippen LogP contribution in [0.5, 0.6) is 0 Å². The molecule has 1 aliphatic carbocycles. The predicted molar refractivity (Wildman–Crippen MR) is 81.2 cm³/mol. The fourth-order valence-electron chi connectivity index (χ4n) is 3.71. The molecule has 1 aromatic heterocycles. The number of fused-ring (bicyclic) bond motifs is 1. The molecule has 110 valence electrons. The number of piperidine rings is 1. The van der Waals surface area contributed by atoms with E-state index in [2.05, 4.69) is 28.7 Å². The molecule has 4 heteroatoms. The molecule has 1 saturated carbocycles. The largest absolute Gasteiger partial charge is 0.356 e. The van der Waals surface area contributed by atoms with Gasteiger partial charge in [-0.3, -0.25) is 4.79 Å². The Balaban J connectivity index is 1.81. The first-order valence-electron chi connectivity index (χ1n) is 7.99. The lowest BCUT2D eigenvalue weighted by Crippen LogP contribution is -2.42. The molecular formula is C16H25N3O. The number of aromatic amines is 1. The summed E-state index contributed by atoms with van der Waals surface area (Å²) in [5, 5.41) is 0. The number of aromatic nitrogens is 2. The summed E-state index contributed by atoms with van der Waals surface area (Å²) in [4.78, 5) is 21.7. The first-order chi connectivity index (χ1) is 9.63. The van der Waals surface area contributed by atoms with E-state index in [4.69, 9.17) is 0 Å². The van der Waals surface area contributed by atoms with Crippen molar-refractivity contribution in [3.05, 3.63) is 22.2 Å². The number of hydrogen-bond acceptors (Lipinski definition) is 3. The van der Waals surface area contributed by atoms with E-state index in [0.29, 0.717) is 0 Å². The van der Waals surface area contributed by atoms with Gasteiger partial charge in [-0.2, -0.15) is 0 Å². The zero-order chi connectivity index (χ0) is 14.1. The molecule has 0 amide bonds. The Morgan fingerprint density at radius 2 is 2.00 bits per heavy atom. The zero-order valence-corrected chi connectivity index (χ0v) is 12.6. The topological polar surface area (TPSA) is 49.0 Å². The monoisotopic (exact) mass is 275 g/mol. The molecule has 1 aromatic rings. The highest BCUT2D eigenvalue weighted by atomic mass is 16.1. The third-order valence-electron chi connectivity index (χ3n) is 4.91. The van der Waals surface area contributed by atoms with Crippen molar-refractivity contribution >= 4 is 5.82 Å². The highest BCUT2D eigenvalue weighted by Crippen LogP contribution is 2.37. The Morgan fingerprint density at radius 1 is 1.25 bits per heavy atom. The Bertz CT molecular complexity index is 523. The number of anilines is 1. The van der Waals surface area contributed by atoms with Crippen LogP contribution in [0.2, 0.25) is 0 Å². The van der Waals surface area contributed by atoms with Gasteiger partial charge in [0.25, 0.3) is 5.56 Å². The molecular weight excluding hydrogens is 250 g/mol. The summed E-state index contributed by atoms with van der Waals surface area (Å²) < 4.78 is 0. The minimum atomic E-state index is -0.0236. The SMILES string of the molecule is CC(C)c1nc(N2CCC3CCCCC3C2)cc(=O)[nH]1. The van der Waals surface area contributed by atoms with Crippen LogP contribution in [0.3, 0.4) is 0 Å². The van der Waals surface area contributed by atoms with Crippen molar-refractivity contribution in [1.29, 1.82) is 0 Å². The molecule has 3 rings (SSSR count). The Kier molecular flexibility index (Phi) is 3.81. The van der Waals surface area contributed by atoms with E-state index in [1.54, 1.807) is 6.07 Å². The van der Waals surface area contributed by atoms with E-state index in [9.17, 15) is 4.79 Å². The number of rotatable bonds is 2. The Morgan fingerprint density at radius 3 is 2.75 bits per heavy atom. The van der Waals surface area contributed by atoms with E-state index in [0.717, 1.165) is 36.6 Å². The molecule has 4 nitrogen and oxygen atoms in total. The van der Waals surface area contributed by atoms with Gasteiger partial charge in [-0.05, 0) is 24.7 Å². The summed E-state index contributed by atoms with van der Waals surface area (Å²) >= 11 is 0. The molecule has 2 heterocycles. The minimum Gasteiger partial charge on any atom is -0.356 e. The third-order valence-corrected chi connectivity index (χ3v) is 4.91. The van der Waals surface area contributed by atoms with Crippen LogP contribution < -0.4 is 10.5 Å². The van der Waals surface area contributed by atoms with Crippen molar-refractivity contribution < 1.29 is 0 Å². The summed E-state index contributed by atoms with van der Waals surface area (Å²) in [5.74, 6) is 3.65. The van der Waals surface area contributed by atoms with Gasteiger partial charge in [0, 0.05) is 25.1 Å². The Labute approximate surface area is 120 Å². The average molecular weight is 275 g/mol. The van der Waals surface area contributed by atoms with Crippen LogP contribution >= 0.6 is 0 Å². The molecule has 0 aromatic carbocycles. The van der Waals surface area contributed by atoms with Gasteiger partial charge in [-0.25, -0.2) is 4.98 Å². The number of H-pyrrole nitrogens is 1. The second-order valence-corrected chi connectivity index (χ2v) is 6.68. The van der Waals surface area contributed by atoms with Crippen molar-refractivity contribution in [2.75, 3.05) is 18.0 Å². The average Bonchev–Trinajstić information content (AvgIpc) is 2.46. The van der Waals surface area contributed by atoms with Gasteiger partial charge < -0.3 is 9.88 Å². The van der Waals surface area contributed by atoms with Crippen molar-refractivity contribution in [2.45, 2.75) is 51.9 Å². The quantitative estimate of drug-likeness (QED) is 0.903. The van der Waals surface area contributed by atoms with E-state index < -0.39 is 0 Å². The van der Waals surface area contributed by atoms with Crippen LogP contribution in [0.25, 0.3) is 0 Å². The van der Waals surface area contributed by atoms with Gasteiger partial charge in [0.1, 0.15) is 11.6 Å². The van der Waals surface area contributed by atoms with Crippen LogP contribution in [0.15, 0.2) is 10.9 Å². The van der Waals surface area contributed by atoms with Crippen molar-refractivity contribution in [3.8, 4) is 0 Å². The summed E-state index contributed by atoms with van der Waals surface area (Å²) in [6, 6.07) is 1.66. The molecule has 0 spiro atoms. The van der Waals surface area contributed by atoms with Gasteiger partial charge in [0.05, 0.1) is 0 Å². The second kappa shape index (κ2) is 5.58. The van der Waals surface area contributed by atoms with Gasteiger partial charge in [0.2, 0.25) is 0 Å². The molecule has 2 aliphatic rings. The maximum atomic E-state index is 11.8. The van der Waals surface area contributed by atoms with Crippen molar-refractivity contribution in [2.24, 2.45) is 11.8 Å². The lowest BCUT2D eigenvalue weighted by molar-refractivity contribution is 0.202. The van der Waals surface area contributed by atoms with Crippen LogP contribution in [0.4, 0.5) is 5.82 Å². The molecule has 0 radical (unpaired) electrons. The minimum absolute atomic E-state index is 0.0236. The molecule has 1 aliphatic heterocycles. The first-order valence-corrected chi connectivity index (χ1v) is 7.99. The van der Waals surface area contributed by atoms with Crippen LogP contribution in [0, 0.1) is 11.8 Å². The fourth-order valence-corrected chi connectivity index (χ4v) is 3.71. The fraction of sp³-hybridized carbons (Fsp3) is 0.750. The van der Waals surface area contributed by atoms with Gasteiger partial charge in [-0.15, -0.1) is 0 Å². The maximum Gasteiger partial charge on any atom is 0.252 e. The van der Waals surface area contributed by atoms with Crippen LogP contribution in [-0.4, -0.2) is 23.1 Å². The molecule has 20 heavy (non-hydrogen) atoms. The van der Waals surface area contributed by atoms with Gasteiger partial charge in [0.15, 0.2) is 0 Å².